The van der Waals surface area contributed by atoms with Gasteiger partial charge >= 0.3 is 5.97 Å². The minimum absolute atomic E-state index is 0.173. The van der Waals surface area contributed by atoms with Crippen LogP contribution < -0.4 is 0 Å². The summed E-state index contributed by atoms with van der Waals surface area (Å²) in [6.45, 7) is 9.81. The summed E-state index contributed by atoms with van der Waals surface area (Å²) < 4.78 is 0. The second-order valence-corrected chi connectivity index (χ2v) is 5.96. The molecule has 0 amide bonds. The van der Waals surface area contributed by atoms with E-state index in [9.17, 15) is 4.79 Å². The number of hydrogen-bond donors (Lipinski definition) is 1. The number of aliphatic hydroxyl groups excluding tert-OH is 1. The summed E-state index contributed by atoms with van der Waals surface area (Å²) in [6, 6.07) is 0. The first-order valence-corrected chi connectivity index (χ1v) is 6.04. The molecule has 1 rings (SSSR count). The molecule has 1 N–H and O–H groups in total. The van der Waals surface area contributed by atoms with Crippen molar-refractivity contribution in [1.29, 1.82) is 0 Å². The van der Waals surface area contributed by atoms with Gasteiger partial charge < -0.3 is 9.94 Å². The molecule has 0 aromatic rings. The average Bonchev–Trinajstić information content (AvgIpc) is 2.21. The van der Waals surface area contributed by atoms with Crippen molar-refractivity contribution in [2.75, 3.05) is 0 Å². The van der Waals surface area contributed by atoms with Crippen molar-refractivity contribution in [3.63, 3.8) is 0 Å². The zero-order chi connectivity index (χ0) is 13.3. The Kier molecular flexibility index (Phi) is 3.87. The van der Waals surface area contributed by atoms with E-state index >= 15 is 0 Å². The van der Waals surface area contributed by atoms with Gasteiger partial charge in [0.2, 0.25) is 0 Å². The summed E-state index contributed by atoms with van der Waals surface area (Å²) in [7, 11) is 0. The third-order valence-electron chi connectivity index (χ3n) is 3.37. The molecule has 1 aliphatic heterocycles. The molecule has 1 fully saturated rings. The van der Waals surface area contributed by atoms with Gasteiger partial charge in [0.25, 0.3) is 0 Å². The lowest BCUT2D eigenvalue weighted by Gasteiger charge is -2.50. The van der Waals surface area contributed by atoms with Gasteiger partial charge in [-0.05, 0) is 53.9 Å². The Morgan fingerprint density at radius 1 is 1.24 bits per heavy atom. The largest absolute Gasteiger partial charge is 0.515 e. The molecule has 1 heterocycles. The topological polar surface area (TPSA) is 49.8 Å². The Bertz CT molecular complexity index is 316. The number of hydroxylamine groups is 2. The van der Waals surface area contributed by atoms with Crippen LogP contribution in [0.4, 0.5) is 0 Å². The Labute approximate surface area is 103 Å². The highest BCUT2D eigenvalue weighted by atomic mass is 16.7. The molecule has 0 saturated carbocycles. The maximum Gasteiger partial charge on any atom is 0.355 e. The van der Waals surface area contributed by atoms with Gasteiger partial charge in [0.15, 0.2) is 0 Å². The van der Waals surface area contributed by atoms with Crippen molar-refractivity contribution in [3.05, 3.63) is 11.8 Å². The molecule has 4 heteroatoms. The first kappa shape index (κ1) is 14.0. The highest BCUT2D eigenvalue weighted by molar-refractivity contribution is 5.87. The lowest BCUT2D eigenvalue weighted by Crippen LogP contribution is -2.58. The predicted octanol–water partition coefficient (Wildman–Crippen LogP) is 2.95. The minimum Gasteiger partial charge on any atom is -0.515 e. The number of piperidine rings is 1. The molecule has 0 atom stereocenters. The first-order chi connectivity index (χ1) is 7.70. The van der Waals surface area contributed by atoms with Gasteiger partial charge in [0, 0.05) is 0 Å². The van der Waals surface area contributed by atoms with Gasteiger partial charge in [-0.15, -0.1) is 5.06 Å². The molecule has 0 bridgehead atoms. The summed E-state index contributed by atoms with van der Waals surface area (Å²) >= 11 is 0. The lowest BCUT2D eigenvalue weighted by atomic mass is 9.82. The van der Waals surface area contributed by atoms with E-state index < -0.39 is 5.97 Å². The maximum absolute atomic E-state index is 11.7. The van der Waals surface area contributed by atoms with Crippen LogP contribution in [0.5, 0.6) is 0 Å². The molecule has 17 heavy (non-hydrogen) atoms. The van der Waals surface area contributed by atoms with Crippen LogP contribution in [0.15, 0.2) is 11.8 Å². The first-order valence-electron chi connectivity index (χ1n) is 6.04. The Hall–Kier alpha value is -1.03. The van der Waals surface area contributed by atoms with E-state index in [4.69, 9.17) is 9.94 Å². The van der Waals surface area contributed by atoms with E-state index in [2.05, 4.69) is 27.7 Å². The smallest absolute Gasteiger partial charge is 0.355 e. The molecular formula is C13H23NO3. The standard InChI is InChI=1S/C13H23NO3/c1-10(9-15)11(16)17-14-12(2,3)7-6-8-13(14,4)5/h9,15H,6-8H2,1-5H3. The van der Waals surface area contributed by atoms with Gasteiger partial charge in [0.05, 0.1) is 22.9 Å². The summed E-state index contributed by atoms with van der Waals surface area (Å²) in [5, 5.41) is 10.6. The van der Waals surface area contributed by atoms with Gasteiger partial charge in [-0.3, -0.25) is 0 Å². The molecule has 1 saturated heterocycles. The fraction of sp³-hybridized carbons (Fsp3) is 0.769. The zero-order valence-electron chi connectivity index (χ0n) is 11.4. The third kappa shape index (κ3) is 3.00. The SMILES string of the molecule is CC(=CO)C(=O)ON1C(C)(C)CCCC1(C)C. The quantitative estimate of drug-likeness (QED) is 0.596. The van der Waals surface area contributed by atoms with Crippen LogP contribution in [-0.2, 0) is 9.63 Å². The van der Waals surface area contributed by atoms with Gasteiger partial charge in [-0.2, -0.15) is 0 Å². The van der Waals surface area contributed by atoms with E-state index in [-0.39, 0.29) is 16.7 Å². The van der Waals surface area contributed by atoms with Crippen LogP contribution in [0.25, 0.3) is 0 Å². The second kappa shape index (κ2) is 4.69. The predicted molar refractivity (Wildman–Crippen MR) is 66.3 cm³/mol. The molecule has 4 nitrogen and oxygen atoms in total. The highest BCUT2D eigenvalue weighted by Gasteiger charge is 2.44. The maximum atomic E-state index is 11.7. The van der Waals surface area contributed by atoms with Gasteiger partial charge in [0.1, 0.15) is 0 Å². The number of carbonyl (C=O) groups excluding carboxylic acids is 1. The van der Waals surface area contributed by atoms with Crippen LogP contribution in [0, 0.1) is 0 Å². The molecular weight excluding hydrogens is 218 g/mol. The van der Waals surface area contributed by atoms with Crippen molar-refractivity contribution in [2.24, 2.45) is 0 Å². The molecule has 0 aromatic carbocycles. The van der Waals surface area contributed by atoms with Crippen molar-refractivity contribution in [3.8, 4) is 0 Å². The number of aliphatic hydroxyl groups is 1. The summed E-state index contributed by atoms with van der Waals surface area (Å²) in [5.41, 5.74) is -0.137. The van der Waals surface area contributed by atoms with Gasteiger partial charge in [-0.25, -0.2) is 4.79 Å². The molecule has 98 valence electrons. The molecule has 0 spiro atoms. The van der Waals surface area contributed by atoms with E-state index in [1.54, 1.807) is 5.06 Å². The molecule has 1 aliphatic rings. The van der Waals surface area contributed by atoms with Crippen LogP contribution in [0.3, 0.4) is 0 Å². The van der Waals surface area contributed by atoms with E-state index in [1.807, 2.05) is 0 Å². The summed E-state index contributed by atoms with van der Waals surface area (Å²) in [6.07, 6.45) is 3.90. The van der Waals surface area contributed by atoms with Crippen molar-refractivity contribution < 1.29 is 14.7 Å². The van der Waals surface area contributed by atoms with Crippen LogP contribution in [0.1, 0.15) is 53.9 Å². The monoisotopic (exact) mass is 241 g/mol. The van der Waals surface area contributed by atoms with Crippen molar-refractivity contribution in [2.45, 2.75) is 65.0 Å². The Morgan fingerprint density at radius 3 is 2.12 bits per heavy atom. The fourth-order valence-electron chi connectivity index (χ4n) is 2.43. The van der Waals surface area contributed by atoms with Crippen molar-refractivity contribution in [1.82, 2.24) is 5.06 Å². The molecule has 0 aromatic heterocycles. The number of rotatable bonds is 2. The van der Waals surface area contributed by atoms with Crippen LogP contribution in [-0.4, -0.2) is 27.2 Å². The number of carbonyl (C=O) groups is 1. The molecule has 0 aliphatic carbocycles. The van der Waals surface area contributed by atoms with E-state index in [0.717, 1.165) is 25.5 Å². The highest BCUT2D eigenvalue weighted by Crippen LogP contribution is 2.38. The lowest BCUT2D eigenvalue weighted by molar-refractivity contribution is -0.262. The number of hydrogen-bond acceptors (Lipinski definition) is 4. The van der Waals surface area contributed by atoms with Crippen molar-refractivity contribution >= 4 is 5.97 Å². The summed E-state index contributed by atoms with van der Waals surface area (Å²) in [5.74, 6) is -0.490. The minimum atomic E-state index is -0.490. The van der Waals surface area contributed by atoms with E-state index in [0.29, 0.717) is 0 Å². The molecule has 0 radical (unpaired) electrons. The molecule has 0 unspecified atom stereocenters. The Balaban J connectivity index is 2.88. The van der Waals surface area contributed by atoms with Gasteiger partial charge in [-0.1, -0.05) is 0 Å². The second-order valence-electron chi connectivity index (χ2n) is 5.96. The average molecular weight is 241 g/mol. The van der Waals surface area contributed by atoms with E-state index in [1.165, 1.54) is 6.92 Å². The fourth-order valence-corrected chi connectivity index (χ4v) is 2.43. The third-order valence-corrected chi connectivity index (χ3v) is 3.37. The zero-order valence-corrected chi connectivity index (χ0v) is 11.4. The van der Waals surface area contributed by atoms with Crippen LogP contribution >= 0.6 is 0 Å². The van der Waals surface area contributed by atoms with Crippen LogP contribution in [0.2, 0.25) is 0 Å². The Morgan fingerprint density at radius 2 is 1.71 bits per heavy atom. The normalized spacial score (nSPS) is 24.4. The summed E-state index contributed by atoms with van der Waals surface area (Å²) in [4.78, 5) is 17.2. The number of nitrogens with zero attached hydrogens (tertiary/aromatic N) is 1.